The molecule has 1 N–H and O–H groups in total. The number of nitriles is 1. The van der Waals surface area contributed by atoms with Crippen molar-refractivity contribution in [1.82, 2.24) is 5.32 Å². The lowest BCUT2D eigenvalue weighted by Gasteiger charge is -2.10. The molecule has 1 amide bonds. The van der Waals surface area contributed by atoms with Crippen LogP contribution in [0.4, 0.5) is 0 Å². The molecule has 0 bridgehead atoms. The van der Waals surface area contributed by atoms with Crippen molar-refractivity contribution in [3.05, 3.63) is 53.6 Å². The van der Waals surface area contributed by atoms with E-state index in [1.54, 1.807) is 6.08 Å². The molecule has 1 aliphatic heterocycles. The largest absolute Gasteiger partial charge is 0.376 e. The first-order valence-electron chi connectivity index (χ1n) is 7.77. The first kappa shape index (κ1) is 15.3. The molecule has 116 valence electrons. The van der Waals surface area contributed by atoms with E-state index < -0.39 is 0 Å². The SMILES string of the molecule is N#C/C(=C\c1cccc2ccccc12)C(=O)NC[C@@H]1CCCO1. The van der Waals surface area contributed by atoms with Gasteiger partial charge in [0.2, 0.25) is 0 Å². The van der Waals surface area contributed by atoms with E-state index in [9.17, 15) is 10.1 Å². The maximum atomic E-state index is 12.2. The Balaban J connectivity index is 1.80. The topological polar surface area (TPSA) is 62.1 Å². The van der Waals surface area contributed by atoms with Gasteiger partial charge in [-0.05, 0) is 35.3 Å². The highest BCUT2D eigenvalue weighted by atomic mass is 16.5. The molecular weight excluding hydrogens is 288 g/mol. The fraction of sp³-hybridized carbons (Fsp3) is 0.263. The Labute approximate surface area is 135 Å². The zero-order valence-corrected chi connectivity index (χ0v) is 12.8. The van der Waals surface area contributed by atoms with Gasteiger partial charge < -0.3 is 10.1 Å². The third kappa shape index (κ3) is 3.58. The van der Waals surface area contributed by atoms with Crippen molar-refractivity contribution in [1.29, 1.82) is 5.26 Å². The van der Waals surface area contributed by atoms with Gasteiger partial charge in [0, 0.05) is 13.2 Å². The van der Waals surface area contributed by atoms with Crippen LogP contribution in [0.3, 0.4) is 0 Å². The van der Waals surface area contributed by atoms with Gasteiger partial charge >= 0.3 is 0 Å². The summed E-state index contributed by atoms with van der Waals surface area (Å²) in [6.07, 6.45) is 3.69. The predicted molar refractivity (Wildman–Crippen MR) is 89.5 cm³/mol. The van der Waals surface area contributed by atoms with Gasteiger partial charge in [-0.2, -0.15) is 5.26 Å². The minimum Gasteiger partial charge on any atom is -0.376 e. The molecule has 2 aromatic carbocycles. The zero-order valence-electron chi connectivity index (χ0n) is 12.8. The molecule has 0 aromatic heterocycles. The monoisotopic (exact) mass is 306 g/mol. The average molecular weight is 306 g/mol. The molecule has 1 aliphatic rings. The van der Waals surface area contributed by atoms with Crippen molar-refractivity contribution in [2.75, 3.05) is 13.2 Å². The van der Waals surface area contributed by atoms with Crippen LogP contribution in [-0.4, -0.2) is 25.2 Å². The third-order valence-corrected chi connectivity index (χ3v) is 4.00. The molecule has 4 nitrogen and oxygen atoms in total. The number of benzene rings is 2. The molecule has 0 radical (unpaired) electrons. The first-order valence-corrected chi connectivity index (χ1v) is 7.77. The lowest BCUT2D eigenvalue weighted by molar-refractivity contribution is -0.117. The maximum Gasteiger partial charge on any atom is 0.262 e. The lowest BCUT2D eigenvalue weighted by atomic mass is 10.0. The highest BCUT2D eigenvalue weighted by Crippen LogP contribution is 2.21. The minimum atomic E-state index is -0.351. The summed E-state index contributed by atoms with van der Waals surface area (Å²) >= 11 is 0. The van der Waals surface area contributed by atoms with Crippen LogP contribution >= 0.6 is 0 Å². The number of carbonyl (C=O) groups is 1. The Bertz CT molecular complexity index is 778. The molecular formula is C19H18N2O2. The van der Waals surface area contributed by atoms with Crippen LogP contribution in [0.5, 0.6) is 0 Å². The Morgan fingerprint density at radius 1 is 1.30 bits per heavy atom. The number of amides is 1. The Hall–Kier alpha value is -2.64. The van der Waals surface area contributed by atoms with Crippen LogP contribution < -0.4 is 5.32 Å². The Morgan fingerprint density at radius 3 is 2.91 bits per heavy atom. The van der Waals surface area contributed by atoms with Crippen molar-refractivity contribution < 1.29 is 9.53 Å². The summed E-state index contributed by atoms with van der Waals surface area (Å²) in [6.45, 7) is 1.20. The van der Waals surface area contributed by atoms with E-state index in [1.807, 2.05) is 48.5 Å². The lowest BCUT2D eigenvalue weighted by Crippen LogP contribution is -2.32. The maximum absolute atomic E-state index is 12.2. The zero-order chi connectivity index (χ0) is 16.1. The van der Waals surface area contributed by atoms with Gasteiger partial charge in [0.25, 0.3) is 5.91 Å². The van der Waals surface area contributed by atoms with Crippen molar-refractivity contribution in [2.24, 2.45) is 0 Å². The van der Waals surface area contributed by atoms with Gasteiger partial charge in [-0.15, -0.1) is 0 Å². The van der Waals surface area contributed by atoms with Gasteiger partial charge in [-0.3, -0.25) is 4.79 Å². The van der Waals surface area contributed by atoms with Gasteiger partial charge in [0.05, 0.1) is 6.10 Å². The quantitative estimate of drug-likeness (QED) is 0.697. The summed E-state index contributed by atoms with van der Waals surface area (Å²) in [5.74, 6) is -0.351. The Kier molecular flexibility index (Phi) is 4.70. The smallest absolute Gasteiger partial charge is 0.262 e. The summed E-state index contributed by atoms with van der Waals surface area (Å²) < 4.78 is 5.48. The van der Waals surface area contributed by atoms with E-state index in [0.29, 0.717) is 6.54 Å². The van der Waals surface area contributed by atoms with Crippen LogP contribution in [-0.2, 0) is 9.53 Å². The second-order valence-corrected chi connectivity index (χ2v) is 5.58. The van der Waals surface area contributed by atoms with Gasteiger partial charge in [0.15, 0.2) is 0 Å². The molecule has 2 aromatic rings. The van der Waals surface area contributed by atoms with Gasteiger partial charge in [-0.25, -0.2) is 0 Å². The highest BCUT2D eigenvalue weighted by Gasteiger charge is 2.17. The molecule has 4 heteroatoms. The number of hydrogen-bond acceptors (Lipinski definition) is 3. The van der Waals surface area contributed by atoms with Crippen molar-refractivity contribution in [3.63, 3.8) is 0 Å². The molecule has 1 saturated heterocycles. The number of nitrogens with one attached hydrogen (secondary N) is 1. The number of hydrogen-bond donors (Lipinski definition) is 1. The van der Waals surface area contributed by atoms with Gasteiger partial charge in [-0.1, -0.05) is 42.5 Å². The molecule has 0 aliphatic carbocycles. The number of nitrogens with zero attached hydrogens (tertiary/aromatic N) is 1. The summed E-state index contributed by atoms with van der Waals surface area (Å²) in [5, 5.41) is 14.2. The summed E-state index contributed by atoms with van der Waals surface area (Å²) in [4.78, 5) is 12.2. The molecule has 3 rings (SSSR count). The normalized spacial score (nSPS) is 17.9. The van der Waals surface area contributed by atoms with E-state index in [4.69, 9.17) is 4.74 Å². The summed E-state index contributed by atoms with van der Waals surface area (Å²) in [7, 11) is 0. The second-order valence-electron chi connectivity index (χ2n) is 5.58. The predicted octanol–water partition coefficient (Wildman–Crippen LogP) is 3.04. The van der Waals surface area contributed by atoms with E-state index in [0.717, 1.165) is 35.8 Å². The fourth-order valence-corrected chi connectivity index (χ4v) is 2.79. The van der Waals surface area contributed by atoms with Crippen molar-refractivity contribution >= 4 is 22.8 Å². The standard InChI is InChI=1S/C19H18N2O2/c20-12-16(19(22)21-13-17-8-4-10-23-17)11-15-7-3-6-14-5-1-2-9-18(14)15/h1-3,5-7,9,11,17H,4,8,10,13H2,(H,21,22)/b16-11+/t17-/m0/s1. The summed E-state index contributed by atoms with van der Waals surface area (Å²) in [6, 6.07) is 15.8. The number of carbonyl (C=O) groups excluding carboxylic acids is 1. The second kappa shape index (κ2) is 7.08. The Morgan fingerprint density at radius 2 is 2.13 bits per heavy atom. The summed E-state index contributed by atoms with van der Waals surface area (Å²) in [5.41, 5.74) is 0.978. The van der Waals surface area contributed by atoms with Crippen LogP contribution in [0, 0.1) is 11.3 Å². The minimum absolute atomic E-state index is 0.0662. The first-order chi connectivity index (χ1) is 11.3. The van der Waals surface area contributed by atoms with Gasteiger partial charge in [0.1, 0.15) is 11.6 Å². The molecule has 1 heterocycles. The van der Waals surface area contributed by atoms with E-state index in [2.05, 4.69) is 5.32 Å². The number of ether oxygens (including phenoxy) is 1. The highest BCUT2D eigenvalue weighted by molar-refractivity contribution is 6.04. The molecule has 0 spiro atoms. The van der Waals surface area contributed by atoms with E-state index in [1.165, 1.54) is 0 Å². The van der Waals surface area contributed by atoms with E-state index >= 15 is 0 Å². The molecule has 23 heavy (non-hydrogen) atoms. The van der Waals surface area contributed by atoms with Crippen molar-refractivity contribution in [3.8, 4) is 6.07 Å². The molecule has 0 unspecified atom stereocenters. The van der Waals surface area contributed by atoms with Crippen molar-refractivity contribution in [2.45, 2.75) is 18.9 Å². The average Bonchev–Trinajstić information content (AvgIpc) is 3.11. The number of rotatable bonds is 4. The molecule has 1 fully saturated rings. The van der Waals surface area contributed by atoms with Crippen LogP contribution in [0.2, 0.25) is 0 Å². The van der Waals surface area contributed by atoms with Crippen LogP contribution in [0.1, 0.15) is 18.4 Å². The molecule has 1 atom stereocenters. The van der Waals surface area contributed by atoms with Crippen LogP contribution in [0.25, 0.3) is 16.8 Å². The van der Waals surface area contributed by atoms with E-state index in [-0.39, 0.29) is 17.6 Å². The van der Waals surface area contributed by atoms with Crippen LogP contribution in [0.15, 0.2) is 48.0 Å². The third-order valence-electron chi connectivity index (χ3n) is 4.00. The fourth-order valence-electron chi connectivity index (χ4n) is 2.79. The number of fused-ring (bicyclic) bond motifs is 1. The molecule has 0 saturated carbocycles.